The van der Waals surface area contributed by atoms with Crippen molar-refractivity contribution in [3.63, 3.8) is 0 Å². The van der Waals surface area contributed by atoms with Crippen molar-refractivity contribution in [3.05, 3.63) is 58.9 Å². The van der Waals surface area contributed by atoms with E-state index in [2.05, 4.69) is 25.6 Å². The number of para-hydroxylation sites is 1. The van der Waals surface area contributed by atoms with E-state index < -0.39 is 11.5 Å². The van der Waals surface area contributed by atoms with Crippen LogP contribution in [-0.4, -0.2) is 27.9 Å². The van der Waals surface area contributed by atoms with Gasteiger partial charge in [-0.1, -0.05) is 12.1 Å². The van der Waals surface area contributed by atoms with Gasteiger partial charge < -0.3 is 15.6 Å². The Morgan fingerprint density at radius 3 is 2.73 bits per heavy atom. The summed E-state index contributed by atoms with van der Waals surface area (Å²) in [6, 6.07) is 7.08. The molecular weight excluding hydrogens is 282 g/mol. The highest BCUT2D eigenvalue weighted by molar-refractivity contribution is 6.06. The molecule has 0 saturated carbocycles. The Bertz CT molecular complexity index is 889. The number of carbonyl (C=O) groups is 1. The predicted octanol–water partition coefficient (Wildman–Crippen LogP) is 1.61. The second kappa shape index (κ2) is 5.65. The summed E-state index contributed by atoms with van der Waals surface area (Å²) in [7, 11) is 1.77. The number of aromatic amines is 1. The lowest BCUT2D eigenvalue weighted by molar-refractivity contribution is 0.102. The second-order valence-corrected chi connectivity index (χ2v) is 4.61. The predicted molar refractivity (Wildman–Crippen MR) is 84.1 cm³/mol. The van der Waals surface area contributed by atoms with Gasteiger partial charge in [0.05, 0.1) is 29.3 Å². The topological polar surface area (TPSA) is 99.8 Å². The maximum atomic E-state index is 12.2. The number of hydrogen-bond acceptors (Lipinski definition) is 5. The second-order valence-electron chi connectivity index (χ2n) is 4.61. The SMILES string of the molecule is CNc1cccc2cc(C(=O)Nc3cncnc3)c(=O)[nH]c12. The minimum Gasteiger partial charge on any atom is -0.386 e. The van der Waals surface area contributed by atoms with Crippen molar-refractivity contribution in [1.29, 1.82) is 0 Å². The van der Waals surface area contributed by atoms with Gasteiger partial charge in [-0.3, -0.25) is 9.59 Å². The van der Waals surface area contributed by atoms with Crippen LogP contribution in [0.5, 0.6) is 0 Å². The zero-order valence-electron chi connectivity index (χ0n) is 11.8. The first-order chi connectivity index (χ1) is 10.7. The summed E-state index contributed by atoms with van der Waals surface area (Å²) in [5.74, 6) is -0.507. The molecule has 3 rings (SSSR count). The number of rotatable bonds is 3. The first kappa shape index (κ1) is 13.7. The molecule has 0 aliphatic heterocycles. The standard InChI is InChI=1S/C15H13N5O2/c1-16-12-4-2-3-9-5-11(15(22)20-13(9)12)14(21)19-10-6-17-8-18-7-10/h2-8,16H,1H3,(H,19,21)(H,20,22). The third kappa shape index (κ3) is 2.51. The summed E-state index contributed by atoms with van der Waals surface area (Å²) in [6.45, 7) is 0. The van der Waals surface area contributed by atoms with Crippen molar-refractivity contribution < 1.29 is 4.79 Å². The van der Waals surface area contributed by atoms with Gasteiger partial charge in [0.25, 0.3) is 11.5 Å². The molecule has 7 heteroatoms. The molecule has 1 amide bonds. The van der Waals surface area contributed by atoms with Gasteiger partial charge in [-0.05, 0) is 12.1 Å². The highest BCUT2D eigenvalue weighted by Gasteiger charge is 2.13. The summed E-state index contributed by atoms with van der Waals surface area (Å²) in [5.41, 5.74) is 1.46. The largest absolute Gasteiger partial charge is 0.386 e. The number of nitrogens with zero attached hydrogens (tertiary/aromatic N) is 2. The highest BCUT2D eigenvalue weighted by atomic mass is 16.2. The lowest BCUT2D eigenvalue weighted by atomic mass is 10.1. The maximum absolute atomic E-state index is 12.2. The molecule has 3 N–H and O–H groups in total. The Balaban J connectivity index is 2.02. The molecule has 2 aromatic heterocycles. The highest BCUT2D eigenvalue weighted by Crippen LogP contribution is 2.20. The van der Waals surface area contributed by atoms with E-state index in [1.165, 1.54) is 18.7 Å². The van der Waals surface area contributed by atoms with Gasteiger partial charge in [0.2, 0.25) is 0 Å². The average Bonchev–Trinajstić information content (AvgIpc) is 2.54. The number of aromatic nitrogens is 3. The van der Waals surface area contributed by atoms with E-state index in [0.29, 0.717) is 11.2 Å². The molecule has 2 heterocycles. The molecule has 3 aromatic rings. The van der Waals surface area contributed by atoms with Crippen LogP contribution in [0.15, 0.2) is 47.8 Å². The number of fused-ring (bicyclic) bond motifs is 1. The van der Waals surface area contributed by atoms with E-state index in [4.69, 9.17) is 0 Å². The molecule has 0 fully saturated rings. The van der Waals surface area contributed by atoms with Crippen LogP contribution in [0.25, 0.3) is 10.9 Å². The van der Waals surface area contributed by atoms with Crippen LogP contribution in [0, 0.1) is 0 Å². The summed E-state index contributed by atoms with van der Waals surface area (Å²) < 4.78 is 0. The number of nitrogens with one attached hydrogen (secondary N) is 3. The molecule has 0 bridgehead atoms. The van der Waals surface area contributed by atoms with Gasteiger partial charge in [-0.15, -0.1) is 0 Å². The summed E-state index contributed by atoms with van der Waals surface area (Å²) in [4.78, 5) is 34.7. The van der Waals surface area contributed by atoms with Crippen molar-refractivity contribution in [2.45, 2.75) is 0 Å². The fourth-order valence-electron chi connectivity index (χ4n) is 2.17. The Labute approximate surface area is 125 Å². The zero-order chi connectivity index (χ0) is 15.5. The molecule has 1 aromatic carbocycles. The van der Waals surface area contributed by atoms with Crippen molar-refractivity contribution in [3.8, 4) is 0 Å². The Hall–Kier alpha value is -3.22. The third-order valence-electron chi connectivity index (χ3n) is 3.21. The smallest absolute Gasteiger partial charge is 0.261 e. The summed E-state index contributed by atoms with van der Waals surface area (Å²) in [5, 5.41) is 6.36. The number of pyridine rings is 1. The number of amides is 1. The molecule has 0 spiro atoms. The van der Waals surface area contributed by atoms with Crippen LogP contribution < -0.4 is 16.2 Å². The minimum absolute atomic E-state index is 0.0320. The van der Waals surface area contributed by atoms with Crippen LogP contribution in [-0.2, 0) is 0 Å². The fraction of sp³-hybridized carbons (Fsp3) is 0.0667. The number of hydrogen-bond donors (Lipinski definition) is 3. The molecule has 0 radical (unpaired) electrons. The van der Waals surface area contributed by atoms with Gasteiger partial charge in [0.1, 0.15) is 11.9 Å². The molecular formula is C15H13N5O2. The van der Waals surface area contributed by atoms with Crippen LogP contribution in [0.3, 0.4) is 0 Å². The zero-order valence-corrected chi connectivity index (χ0v) is 11.8. The summed E-state index contributed by atoms with van der Waals surface area (Å²) in [6.07, 6.45) is 4.27. The fourth-order valence-corrected chi connectivity index (χ4v) is 2.17. The van der Waals surface area contributed by atoms with E-state index in [9.17, 15) is 9.59 Å². The Morgan fingerprint density at radius 1 is 1.23 bits per heavy atom. The van der Waals surface area contributed by atoms with Gasteiger partial charge in [-0.2, -0.15) is 0 Å². The van der Waals surface area contributed by atoms with Crippen molar-refractivity contribution >= 4 is 28.2 Å². The number of H-pyrrole nitrogens is 1. The van der Waals surface area contributed by atoms with Crippen molar-refractivity contribution in [2.24, 2.45) is 0 Å². The van der Waals surface area contributed by atoms with Gasteiger partial charge in [0.15, 0.2) is 0 Å². The molecule has 22 heavy (non-hydrogen) atoms. The normalized spacial score (nSPS) is 10.4. The first-order valence-corrected chi connectivity index (χ1v) is 6.59. The monoisotopic (exact) mass is 295 g/mol. The van der Waals surface area contributed by atoms with Crippen LogP contribution in [0.2, 0.25) is 0 Å². The molecule has 0 aliphatic rings. The van der Waals surface area contributed by atoms with E-state index in [1.54, 1.807) is 13.1 Å². The van der Waals surface area contributed by atoms with E-state index in [0.717, 1.165) is 11.1 Å². The molecule has 0 aliphatic carbocycles. The maximum Gasteiger partial charge on any atom is 0.261 e. The Kier molecular flexibility index (Phi) is 3.53. The molecule has 0 unspecified atom stereocenters. The number of anilines is 2. The van der Waals surface area contributed by atoms with Gasteiger partial charge in [-0.25, -0.2) is 9.97 Å². The van der Waals surface area contributed by atoms with Crippen LogP contribution in [0.4, 0.5) is 11.4 Å². The Morgan fingerprint density at radius 2 is 2.00 bits per heavy atom. The van der Waals surface area contributed by atoms with E-state index in [-0.39, 0.29) is 5.56 Å². The number of benzene rings is 1. The quantitative estimate of drug-likeness (QED) is 0.681. The van der Waals surface area contributed by atoms with Gasteiger partial charge in [0, 0.05) is 12.4 Å². The molecule has 7 nitrogen and oxygen atoms in total. The summed E-state index contributed by atoms with van der Waals surface area (Å²) >= 11 is 0. The van der Waals surface area contributed by atoms with E-state index >= 15 is 0 Å². The molecule has 110 valence electrons. The number of carbonyl (C=O) groups excluding carboxylic acids is 1. The lowest BCUT2D eigenvalue weighted by Gasteiger charge is -2.08. The molecule has 0 atom stereocenters. The minimum atomic E-state index is -0.507. The third-order valence-corrected chi connectivity index (χ3v) is 3.21. The molecule has 0 saturated heterocycles. The first-order valence-electron chi connectivity index (χ1n) is 6.59. The van der Waals surface area contributed by atoms with Gasteiger partial charge >= 0.3 is 0 Å². The van der Waals surface area contributed by atoms with Crippen molar-refractivity contribution in [2.75, 3.05) is 17.7 Å². The van der Waals surface area contributed by atoms with Crippen molar-refractivity contribution in [1.82, 2.24) is 15.0 Å². The average molecular weight is 295 g/mol. The van der Waals surface area contributed by atoms with Crippen LogP contribution >= 0.6 is 0 Å². The lowest BCUT2D eigenvalue weighted by Crippen LogP contribution is -2.23. The van der Waals surface area contributed by atoms with E-state index in [1.807, 2.05) is 18.2 Å². The van der Waals surface area contributed by atoms with Crippen LogP contribution in [0.1, 0.15) is 10.4 Å².